The first-order chi connectivity index (χ1) is 8.39. The third kappa shape index (κ3) is 4.53. The molecule has 1 aromatic rings. The highest BCUT2D eigenvalue weighted by Crippen LogP contribution is 2.40. The molecule has 0 radical (unpaired) electrons. The van der Waals surface area contributed by atoms with Crippen LogP contribution in [0.5, 0.6) is 5.75 Å². The van der Waals surface area contributed by atoms with Crippen LogP contribution in [0.2, 0.25) is 0 Å². The zero-order valence-corrected chi connectivity index (χ0v) is 13.2. The van der Waals surface area contributed by atoms with Crippen LogP contribution in [0.15, 0.2) is 18.2 Å². The van der Waals surface area contributed by atoms with Crippen molar-refractivity contribution in [2.75, 3.05) is 6.61 Å². The summed E-state index contributed by atoms with van der Waals surface area (Å²) in [6.45, 7) is 6.80. The standard InChI is InChI=1S/C14H19Cl3O/c1-4-11(9-14(15,16)17)12-7-6-8-13(10(12)3)18-5-2/h6-8,11H,4-5,9H2,1-3H3. The Labute approximate surface area is 124 Å². The first-order valence-corrected chi connectivity index (χ1v) is 7.31. The third-order valence-corrected chi connectivity index (χ3v) is 3.50. The molecule has 1 nitrogen and oxygen atoms in total. The Kier molecular flexibility index (Phi) is 6.10. The van der Waals surface area contributed by atoms with Crippen LogP contribution in [-0.4, -0.2) is 10.4 Å². The van der Waals surface area contributed by atoms with Gasteiger partial charge in [-0.1, -0.05) is 53.9 Å². The Morgan fingerprint density at radius 1 is 1.22 bits per heavy atom. The van der Waals surface area contributed by atoms with Gasteiger partial charge in [0.05, 0.1) is 6.61 Å². The van der Waals surface area contributed by atoms with Gasteiger partial charge in [0.25, 0.3) is 0 Å². The number of hydrogen-bond acceptors (Lipinski definition) is 1. The molecule has 1 atom stereocenters. The highest BCUT2D eigenvalue weighted by Gasteiger charge is 2.26. The maximum absolute atomic E-state index is 5.91. The van der Waals surface area contributed by atoms with E-state index in [-0.39, 0.29) is 5.92 Å². The van der Waals surface area contributed by atoms with Gasteiger partial charge in [0.2, 0.25) is 0 Å². The molecule has 0 aromatic heterocycles. The van der Waals surface area contributed by atoms with E-state index in [1.807, 2.05) is 19.1 Å². The summed E-state index contributed by atoms with van der Waals surface area (Å²) in [5, 5.41) is 0. The molecule has 0 amide bonds. The number of alkyl halides is 3. The van der Waals surface area contributed by atoms with Crippen molar-refractivity contribution in [3.05, 3.63) is 29.3 Å². The normalized spacial score (nSPS) is 13.4. The summed E-state index contributed by atoms with van der Waals surface area (Å²) < 4.78 is 4.39. The summed E-state index contributed by atoms with van der Waals surface area (Å²) in [5.74, 6) is 1.15. The van der Waals surface area contributed by atoms with Crippen molar-refractivity contribution in [2.24, 2.45) is 0 Å². The van der Waals surface area contributed by atoms with Gasteiger partial charge in [-0.25, -0.2) is 0 Å². The van der Waals surface area contributed by atoms with Crippen LogP contribution in [0, 0.1) is 6.92 Å². The highest BCUT2D eigenvalue weighted by atomic mass is 35.6. The molecule has 0 saturated heterocycles. The molecule has 0 aliphatic carbocycles. The molecule has 0 heterocycles. The average molecular weight is 310 g/mol. The van der Waals surface area contributed by atoms with Gasteiger partial charge in [-0.05, 0) is 43.4 Å². The van der Waals surface area contributed by atoms with Crippen molar-refractivity contribution in [3.8, 4) is 5.75 Å². The first-order valence-electron chi connectivity index (χ1n) is 6.18. The largest absolute Gasteiger partial charge is 0.494 e. The predicted octanol–water partition coefficient (Wildman–Crippen LogP) is 5.65. The molecule has 0 fully saturated rings. The van der Waals surface area contributed by atoms with Gasteiger partial charge in [-0.3, -0.25) is 0 Å². The second kappa shape index (κ2) is 6.88. The lowest BCUT2D eigenvalue weighted by atomic mass is 9.90. The van der Waals surface area contributed by atoms with E-state index in [0.717, 1.165) is 17.7 Å². The van der Waals surface area contributed by atoms with Crippen LogP contribution in [0.4, 0.5) is 0 Å². The molecule has 0 bridgehead atoms. The molecule has 0 aliphatic heterocycles. The molecular formula is C14H19Cl3O. The molecule has 102 valence electrons. The molecule has 18 heavy (non-hydrogen) atoms. The summed E-state index contributed by atoms with van der Waals surface area (Å²) in [5.41, 5.74) is 2.34. The van der Waals surface area contributed by atoms with Crippen LogP contribution in [-0.2, 0) is 0 Å². The van der Waals surface area contributed by atoms with E-state index in [2.05, 4.69) is 19.9 Å². The molecule has 0 saturated carbocycles. The zero-order chi connectivity index (χ0) is 13.8. The van der Waals surface area contributed by atoms with Crippen molar-refractivity contribution in [3.63, 3.8) is 0 Å². The van der Waals surface area contributed by atoms with Gasteiger partial charge < -0.3 is 4.74 Å². The maximum atomic E-state index is 5.91. The van der Waals surface area contributed by atoms with Gasteiger partial charge in [-0.15, -0.1) is 0 Å². The molecule has 1 aromatic carbocycles. The minimum absolute atomic E-state index is 0.234. The van der Waals surface area contributed by atoms with Crippen LogP contribution in [0.25, 0.3) is 0 Å². The fraction of sp³-hybridized carbons (Fsp3) is 0.571. The Morgan fingerprint density at radius 3 is 2.39 bits per heavy atom. The molecule has 0 aliphatic rings. The van der Waals surface area contributed by atoms with Gasteiger partial charge in [0.15, 0.2) is 3.79 Å². The highest BCUT2D eigenvalue weighted by molar-refractivity contribution is 6.67. The summed E-state index contributed by atoms with van der Waals surface area (Å²) >= 11 is 17.7. The topological polar surface area (TPSA) is 9.23 Å². The van der Waals surface area contributed by atoms with Crippen LogP contribution < -0.4 is 4.74 Å². The quantitative estimate of drug-likeness (QED) is 0.639. The second-order valence-electron chi connectivity index (χ2n) is 4.33. The number of rotatable bonds is 5. The van der Waals surface area contributed by atoms with Crippen LogP contribution in [0.1, 0.15) is 43.7 Å². The summed E-state index contributed by atoms with van der Waals surface area (Å²) in [6.07, 6.45) is 1.45. The van der Waals surface area contributed by atoms with Crippen molar-refractivity contribution < 1.29 is 4.74 Å². The molecular weight excluding hydrogens is 291 g/mol. The number of ether oxygens (including phenoxy) is 1. The predicted molar refractivity (Wildman–Crippen MR) is 80.3 cm³/mol. The van der Waals surface area contributed by atoms with Gasteiger partial charge in [-0.2, -0.15) is 0 Å². The van der Waals surface area contributed by atoms with Crippen molar-refractivity contribution in [1.82, 2.24) is 0 Å². The SMILES string of the molecule is CCOc1cccc(C(CC)CC(Cl)(Cl)Cl)c1C. The number of halogens is 3. The Morgan fingerprint density at radius 2 is 1.89 bits per heavy atom. The van der Waals surface area contributed by atoms with E-state index in [4.69, 9.17) is 39.5 Å². The zero-order valence-electron chi connectivity index (χ0n) is 11.0. The Balaban J connectivity index is 3.02. The molecule has 1 unspecified atom stereocenters. The lowest BCUT2D eigenvalue weighted by molar-refractivity contribution is 0.337. The van der Waals surface area contributed by atoms with Crippen LogP contribution >= 0.6 is 34.8 Å². The van der Waals surface area contributed by atoms with E-state index in [1.165, 1.54) is 5.56 Å². The summed E-state index contributed by atoms with van der Waals surface area (Å²) in [7, 11) is 0. The smallest absolute Gasteiger partial charge is 0.191 e. The fourth-order valence-electron chi connectivity index (χ4n) is 2.14. The lowest BCUT2D eigenvalue weighted by Gasteiger charge is -2.23. The first kappa shape index (κ1) is 15.9. The Bertz CT molecular complexity index is 385. The lowest BCUT2D eigenvalue weighted by Crippen LogP contribution is -2.11. The summed E-state index contributed by atoms with van der Waals surface area (Å²) in [6, 6.07) is 6.06. The fourth-order valence-corrected chi connectivity index (χ4v) is 2.70. The monoisotopic (exact) mass is 308 g/mol. The van der Waals surface area contributed by atoms with Gasteiger partial charge in [0.1, 0.15) is 5.75 Å². The molecule has 0 N–H and O–H groups in total. The van der Waals surface area contributed by atoms with Crippen molar-refractivity contribution >= 4 is 34.8 Å². The van der Waals surface area contributed by atoms with Gasteiger partial charge >= 0.3 is 0 Å². The molecule has 4 heteroatoms. The van der Waals surface area contributed by atoms with E-state index in [0.29, 0.717) is 13.0 Å². The molecule has 0 spiro atoms. The van der Waals surface area contributed by atoms with E-state index < -0.39 is 3.79 Å². The van der Waals surface area contributed by atoms with Crippen molar-refractivity contribution in [1.29, 1.82) is 0 Å². The third-order valence-electron chi connectivity index (χ3n) is 3.04. The van der Waals surface area contributed by atoms with Gasteiger partial charge in [0, 0.05) is 6.42 Å². The Hall–Kier alpha value is -0.110. The van der Waals surface area contributed by atoms with E-state index in [9.17, 15) is 0 Å². The summed E-state index contributed by atoms with van der Waals surface area (Å²) in [4.78, 5) is 0. The molecule has 1 rings (SSSR count). The minimum Gasteiger partial charge on any atom is -0.494 e. The van der Waals surface area contributed by atoms with Crippen LogP contribution in [0.3, 0.4) is 0 Å². The maximum Gasteiger partial charge on any atom is 0.191 e. The second-order valence-corrected chi connectivity index (χ2v) is 6.84. The van der Waals surface area contributed by atoms with E-state index >= 15 is 0 Å². The van der Waals surface area contributed by atoms with E-state index in [1.54, 1.807) is 0 Å². The number of benzene rings is 1. The van der Waals surface area contributed by atoms with Crippen molar-refractivity contribution in [2.45, 2.75) is 43.3 Å². The average Bonchev–Trinajstić information content (AvgIpc) is 2.28. The number of hydrogen-bond donors (Lipinski definition) is 0. The minimum atomic E-state index is -1.21.